The van der Waals surface area contributed by atoms with E-state index in [1.165, 1.54) is 0 Å². The Kier molecular flexibility index (Phi) is 3.93. The van der Waals surface area contributed by atoms with Crippen molar-refractivity contribution in [3.05, 3.63) is 53.0 Å². The van der Waals surface area contributed by atoms with Gasteiger partial charge in [-0.05, 0) is 35.0 Å². The Hall–Kier alpha value is -1.46. The van der Waals surface area contributed by atoms with Crippen LogP contribution in [0.1, 0.15) is 12.6 Å². The third-order valence-electron chi connectivity index (χ3n) is 2.73. The molecule has 0 saturated heterocycles. The molecule has 2 rings (SSSR count). The van der Waals surface area contributed by atoms with E-state index < -0.39 is 5.54 Å². The lowest BCUT2D eigenvalue weighted by atomic mass is 9.99. The normalized spacial score (nSPS) is 13.9. The molecule has 1 aromatic carbocycles. The minimum Gasteiger partial charge on any atom is -0.394 e. The number of benzene rings is 1. The molecule has 1 heterocycles. The van der Waals surface area contributed by atoms with E-state index in [0.29, 0.717) is 5.69 Å². The number of rotatable bonds is 4. The molecule has 0 amide bonds. The molecule has 18 heavy (non-hydrogen) atoms. The quantitative estimate of drug-likeness (QED) is 0.911. The summed E-state index contributed by atoms with van der Waals surface area (Å²) in [6.07, 6.45) is 4.88. The van der Waals surface area contributed by atoms with Gasteiger partial charge in [0.05, 0.1) is 18.5 Å². The van der Waals surface area contributed by atoms with E-state index >= 15 is 0 Å². The van der Waals surface area contributed by atoms with Crippen molar-refractivity contribution in [3.63, 3.8) is 0 Å². The Bertz CT molecular complexity index is 521. The molecule has 2 aromatic rings. The molecule has 1 unspecified atom stereocenters. The van der Waals surface area contributed by atoms with Crippen molar-refractivity contribution < 1.29 is 5.11 Å². The molecular formula is C13H14BrN3O. The summed E-state index contributed by atoms with van der Waals surface area (Å²) >= 11 is 3.47. The maximum atomic E-state index is 9.65. The van der Waals surface area contributed by atoms with E-state index in [9.17, 15) is 5.11 Å². The Morgan fingerprint density at radius 3 is 2.72 bits per heavy atom. The number of hydrogen-bond acceptors (Lipinski definition) is 4. The van der Waals surface area contributed by atoms with Crippen LogP contribution in [0.25, 0.3) is 0 Å². The van der Waals surface area contributed by atoms with Crippen molar-refractivity contribution in [2.24, 2.45) is 0 Å². The van der Waals surface area contributed by atoms with Crippen molar-refractivity contribution in [1.82, 2.24) is 9.97 Å². The summed E-state index contributed by atoms with van der Waals surface area (Å²) in [5.41, 5.74) is 0.931. The van der Waals surface area contributed by atoms with Crippen LogP contribution in [0.3, 0.4) is 0 Å². The molecule has 0 aliphatic heterocycles. The fraction of sp³-hybridized carbons (Fsp3) is 0.231. The Morgan fingerprint density at radius 2 is 2.11 bits per heavy atom. The first kappa shape index (κ1) is 13.0. The molecule has 0 bridgehead atoms. The summed E-state index contributed by atoms with van der Waals surface area (Å²) in [6.45, 7) is 1.81. The first-order chi connectivity index (χ1) is 8.65. The van der Waals surface area contributed by atoms with Gasteiger partial charge in [0.25, 0.3) is 0 Å². The molecule has 94 valence electrons. The SMILES string of the molecule is CC(CO)(Nc1ccccc1Br)c1cnccn1. The van der Waals surface area contributed by atoms with E-state index in [-0.39, 0.29) is 6.61 Å². The molecule has 0 spiro atoms. The molecular weight excluding hydrogens is 294 g/mol. The van der Waals surface area contributed by atoms with Gasteiger partial charge in [-0.1, -0.05) is 12.1 Å². The monoisotopic (exact) mass is 307 g/mol. The highest BCUT2D eigenvalue weighted by atomic mass is 79.9. The summed E-state index contributed by atoms with van der Waals surface area (Å²) in [6, 6.07) is 7.75. The first-order valence-corrected chi connectivity index (χ1v) is 6.35. The smallest absolute Gasteiger partial charge is 0.102 e. The maximum Gasteiger partial charge on any atom is 0.102 e. The van der Waals surface area contributed by atoms with Gasteiger partial charge in [-0.3, -0.25) is 9.97 Å². The molecule has 0 aliphatic rings. The zero-order chi connectivity index (χ0) is 13.0. The van der Waals surface area contributed by atoms with Crippen molar-refractivity contribution in [2.75, 3.05) is 11.9 Å². The molecule has 0 saturated carbocycles. The number of anilines is 1. The molecule has 1 atom stereocenters. The maximum absolute atomic E-state index is 9.65. The summed E-state index contributed by atoms with van der Waals surface area (Å²) in [4.78, 5) is 8.28. The predicted molar refractivity (Wildman–Crippen MR) is 74.2 cm³/mol. The molecule has 0 aliphatic carbocycles. The lowest BCUT2D eigenvalue weighted by Gasteiger charge is -2.29. The zero-order valence-electron chi connectivity index (χ0n) is 9.97. The summed E-state index contributed by atoms with van der Waals surface area (Å²) in [5, 5.41) is 12.9. The van der Waals surface area contributed by atoms with Crippen molar-refractivity contribution in [3.8, 4) is 0 Å². The molecule has 1 aromatic heterocycles. The van der Waals surface area contributed by atoms with E-state index in [1.54, 1.807) is 18.6 Å². The second-order valence-corrected chi connectivity index (χ2v) is 5.04. The zero-order valence-corrected chi connectivity index (χ0v) is 11.6. The summed E-state index contributed by atoms with van der Waals surface area (Å²) in [7, 11) is 0. The van der Waals surface area contributed by atoms with Gasteiger partial charge in [0, 0.05) is 22.6 Å². The number of halogens is 1. The number of hydrogen-bond donors (Lipinski definition) is 2. The number of aliphatic hydroxyl groups excluding tert-OH is 1. The van der Waals surface area contributed by atoms with Crippen LogP contribution in [-0.2, 0) is 5.54 Å². The van der Waals surface area contributed by atoms with Gasteiger partial charge < -0.3 is 10.4 Å². The van der Waals surface area contributed by atoms with Gasteiger partial charge in [0.15, 0.2) is 0 Å². The van der Waals surface area contributed by atoms with Crippen LogP contribution < -0.4 is 5.32 Å². The number of para-hydroxylation sites is 1. The third kappa shape index (κ3) is 2.68. The van der Waals surface area contributed by atoms with Crippen LogP contribution in [0.5, 0.6) is 0 Å². The van der Waals surface area contributed by atoms with Crippen LogP contribution in [0.15, 0.2) is 47.3 Å². The standard InChI is InChI=1S/C13H14BrN3O/c1-13(9-18,12-8-15-6-7-16-12)17-11-5-3-2-4-10(11)14/h2-8,17-18H,9H2,1H3. The first-order valence-electron chi connectivity index (χ1n) is 5.56. The average molecular weight is 308 g/mol. The highest BCUT2D eigenvalue weighted by molar-refractivity contribution is 9.10. The predicted octanol–water partition coefficient (Wildman–Crippen LogP) is 2.56. The molecule has 0 fully saturated rings. The van der Waals surface area contributed by atoms with Crippen LogP contribution in [0, 0.1) is 0 Å². The average Bonchev–Trinajstić information content (AvgIpc) is 2.42. The second kappa shape index (κ2) is 5.46. The van der Waals surface area contributed by atoms with Crippen LogP contribution in [0.2, 0.25) is 0 Å². The van der Waals surface area contributed by atoms with Gasteiger partial charge in [0.2, 0.25) is 0 Å². The lowest BCUT2D eigenvalue weighted by molar-refractivity contribution is 0.220. The van der Waals surface area contributed by atoms with Gasteiger partial charge in [-0.2, -0.15) is 0 Å². The van der Waals surface area contributed by atoms with E-state index in [0.717, 1.165) is 10.2 Å². The van der Waals surface area contributed by atoms with Crippen LogP contribution in [-0.4, -0.2) is 21.7 Å². The second-order valence-electron chi connectivity index (χ2n) is 4.19. The lowest BCUT2D eigenvalue weighted by Crippen LogP contribution is -2.37. The Morgan fingerprint density at radius 1 is 1.33 bits per heavy atom. The Balaban J connectivity index is 2.32. The molecule has 4 nitrogen and oxygen atoms in total. The summed E-state index contributed by atoms with van der Waals surface area (Å²) in [5.74, 6) is 0. The molecule has 0 radical (unpaired) electrons. The number of aromatic nitrogens is 2. The number of nitrogens with zero attached hydrogens (tertiary/aromatic N) is 2. The molecule has 5 heteroatoms. The minimum absolute atomic E-state index is 0.0764. The fourth-order valence-electron chi connectivity index (χ4n) is 1.63. The van der Waals surface area contributed by atoms with E-state index in [2.05, 4.69) is 31.2 Å². The fourth-order valence-corrected chi connectivity index (χ4v) is 2.01. The van der Waals surface area contributed by atoms with Crippen molar-refractivity contribution in [2.45, 2.75) is 12.5 Å². The summed E-state index contributed by atoms with van der Waals surface area (Å²) < 4.78 is 0.938. The largest absolute Gasteiger partial charge is 0.394 e. The number of aliphatic hydroxyl groups is 1. The van der Waals surface area contributed by atoms with Gasteiger partial charge >= 0.3 is 0 Å². The van der Waals surface area contributed by atoms with Gasteiger partial charge in [0.1, 0.15) is 5.54 Å². The third-order valence-corrected chi connectivity index (χ3v) is 3.42. The van der Waals surface area contributed by atoms with Crippen LogP contribution >= 0.6 is 15.9 Å². The Labute approximate surface area is 114 Å². The van der Waals surface area contributed by atoms with Crippen molar-refractivity contribution in [1.29, 1.82) is 0 Å². The minimum atomic E-state index is -0.669. The van der Waals surface area contributed by atoms with E-state index in [1.807, 2.05) is 31.2 Å². The highest BCUT2D eigenvalue weighted by Gasteiger charge is 2.27. The van der Waals surface area contributed by atoms with E-state index in [4.69, 9.17) is 0 Å². The van der Waals surface area contributed by atoms with Crippen LogP contribution in [0.4, 0.5) is 5.69 Å². The number of nitrogens with one attached hydrogen (secondary N) is 1. The van der Waals surface area contributed by atoms with Gasteiger partial charge in [-0.15, -0.1) is 0 Å². The van der Waals surface area contributed by atoms with Gasteiger partial charge in [-0.25, -0.2) is 0 Å². The molecule has 2 N–H and O–H groups in total. The topological polar surface area (TPSA) is 58.0 Å². The highest BCUT2D eigenvalue weighted by Crippen LogP contribution is 2.28. The van der Waals surface area contributed by atoms with Crippen molar-refractivity contribution >= 4 is 21.6 Å².